The first-order valence-electron chi connectivity index (χ1n) is 3.93. The van der Waals surface area contributed by atoms with Crippen molar-refractivity contribution in [2.45, 2.75) is 18.5 Å². The Bertz CT molecular complexity index is 345. The molecule has 1 aromatic heterocycles. The summed E-state index contributed by atoms with van der Waals surface area (Å²) in [6.45, 7) is 1.73. The molecule has 0 saturated heterocycles. The lowest BCUT2D eigenvalue weighted by Gasteiger charge is -2.06. The van der Waals surface area contributed by atoms with Crippen molar-refractivity contribution in [1.29, 1.82) is 0 Å². The fourth-order valence-electron chi connectivity index (χ4n) is 1.05. The molecule has 0 radical (unpaired) electrons. The van der Waals surface area contributed by atoms with Gasteiger partial charge >= 0.3 is 5.97 Å². The molecule has 1 heterocycles. The highest BCUT2D eigenvalue weighted by atomic mass is 32.2. The van der Waals surface area contributed by atoms with E-state index in [4.69, 9.17) is 10.8 Å². The number of aliphatic carboxylic acids is 1. The number of rotatable bonds is 3. The molecule has 0 amide bonds. The van der Waals surface area contributed by atoms with Gasteiger partial charge in [0, 0.05) is 11.3 Å². The number of nitrogens with two attached hydrogens (primary N) is 1. The topological polar surface area (TPSA) is 89.1 Å². The summed E-state index contributed by atoms with van der Waals surface area (Å²) in [5, 5.41) is 9.19. The van der Waals surface area contributed by atoms with Gasteiger partial charge in [0.25, 0.3) is 0 Å². The Morgan fingerprint density at radius 1 is 1.57 bits per heavy atom. The van der Waals surface area contributed by atoms with Gasteiger partial charge in [-0.1, -0.05) is 11.8 Å². The smallest absolute Gasteiger partial charge is 0.308 e. The molecule has 1 rings (SSSR count). The van der Waals surface area contributed by atoms with Gasteiger partial charge < -0.3 is 10.8 Å². The summed E-state index contributed by atoms with van der Waals surface area (Å²) in [4.78, 5) is 18.6. The van der Waals surface area contributed by atoms with Crippen molar-refractivity contribution in [3.05, 3.63) is 11.3 Å². The highest BCUT2D eigenvalue weighted by Crippen LogP contribution is 2.18. The van der Waals surface area contributed by atoms with Crippen LogP contribution in [0.3, 0.4) is 0 Å². The third kappa shape index (κ3) is 2.35. The highest BCUT2D eigenvalue weighted by Gasteiger charge is 2.11. The van der Waals surface area contributed by atoms with Crippen LogP contribution >= 0.6 is 11.8 Å². The Morgan fingerprint density at radius 3 is 2.64 bits per heavy atom. The maximum absolute atomic E-state index is 10.5. The number of carboxylic acids is 1. The SMILES string of the molecule is CSc1nc(C)c(CC(=O)O)c(N)n1. The van der Waals surface area contributed by atoms with Crippen molar-refractivity contribution in [2.24, 2.45) is 0 Å². The zero-order valence-electron chi connectivity index (χ0n) is 7.94. The summed E-state index contributed by atoms with van der Waals surface area (Å²) in [5.74, 6) is -0.676. The minimum Gasteiger partial charge on any atom is -0.481 e. The lowest BCUT2D eigenvalue weighted by Crippen LogP contribution is -2.09. The Hall–Kier alpha value is -1.30. The third-order valence-corrected chi connectivity index (χ3v) is 2.28. The predicted molar refractivity (Wildman–Crippen MR) is 54.3 cm³/mol. The molecule has 0 spiro atoms. The van der Waals surface area contributed by atoms with Crippen molar-refractivity contribution < 1.29 is 9.90 Å². The summed E-state index contributed by atoms with van der Waals surface area (Å²) >= 11 is 1.38. The molecule has 1 aromatic rings. The average molecular weight is 213 g/mol. The summed E-state index contributed by atoms with van der Waals surface area (Å²) < 4.78 is 0. The molecule has 0 fully saturated rings. The number of nitrogen functional groups attached to an aromatic ring is 1. The van der Waals surface area contributed by atoms with E-state index in [2.05, 4.69) is 9.97 Å². The molecule has 0 aromatic carbocycles. The fourth-order valence-corrected chi connectivity index (χ4v) is 1.47. The van der Waals surface area contributed by atoms with Crippen molar-refractivity contribution in [3.8, 4) is 0 Å². The van der Waals surface area contributed by atoms with E-state index in [1.54, 1.807) is 6.92 Å². The van der Waals surface area contributed by atoms with Crippen LogP contribution in [0.5, 0.6) is 0 Å². The van der Waals surface area contributed by atoms with Crippen LogP contribution < -0.4 is 5.73 Å². The first kappa shape index (κ1) is 10.8. The average Bonchev–Trinajstić information content (AvgIpc) is 2.10. The molecule has 6 heteroatoms. The van der Waals surface area contributed by atoms with Gasteiger partial charge in [-0.05, 0) is 13.2 Å². The van der Waals surface area contributed by atoms with Gasteiger partial charge in [-0.25, -0.2) is 9.97 Å². The standard InChI is InChI=1S/C8H11N3O2S/c1-4-5(3-6(12)13)7(9)11-8(10-4)14-2/h3H2,1-2H3,(H,12,13)(H2,9,10,11). The first-order valence-corrected chi connectivity index (χ1v) is 5.16. The number of anilines is 1. The van der Waals surface area contributed by atoms with E-state index in [1.807, 2.05) is 6.26 Å². The van der Waals surface area contributed by atoms with E-state index in [1.165, 1.54) is 11.8 Å². The Kier molecular flexibility index (Phi) is 3.29. The quantitative estimate of drug-likeness (QED) is 0.568. The summed E-state index contributed by atoms with van der Waals surface area (Å²) in [7, 11) is 0. The van der Waals surface area contributed by atoms with Gasteiger partial charge in [0.05, 0.1) is 6.42 Å². The molecular formula is C8H11N3O2S. The van der Waals surface area contributed by atoms with Crippen LogP contribution in [0.4, 0.5) is 5.82 Å². The minimum absolute atomic E-state index is 0.133. The molecule has 5 nitrogen and oxygen atoms in total. The largest absolute Gasteiger partial charge is 0.481 e. The van der Waals surface area contributed by atoms with Crippen LogP contribution in [0.15, 0.2) is 5.16 Å². The number of carboxylic acid groups (broad SMARTS) is 1. The maximum atomic E-state index is 10.5. The van der Waals surface area contributed by atoms with Gasteiger partial charge in [0.15, 0.2) is 5.16 Å². The van der Waals surface area contributed by atoms with Crippen LogP contribution in [0.2, 0.25) is 0 Å². The fraction of sp³-hybridized carbons (Fsp3) is 0.375. The summed E-state index contributed by atoms with van der Waals surface area (Å²) in [5.41, 5.74) is 6.74. The van der Waals surface area contributed by atoms with E-state index in [-0.39, 0.29) is 12.2 Å². The number of hydrogen-bond donors (Lipinski definition) is 2. The van der Waals surface area contributed by atoms with Gasteiger partial charge in [-0.15, -0.1) is 0 Å². The number of hydrogen-bond acceptors (Lipinski definition) is 5. The molecule has 0 bridgehead atoms. The summed E-state index contributed by atoms with van der Waals surface area (Å²) in [6, 6.07) is 0. The molecular weight excluding hydrogens is 202 g/mol. The Morgan fingerprint density at radius 2 is 2.21 bits per heavy atom. The van der Waals surface area contributed by atoms with E-state index >= 15 is 0 Å². The molecule has 0 atom stereocenters. The molecule has 0 aliphatic heterocycles. The third-order valence-electron chi connectivity index (χ3n) is 1.74. The van der Waals surface area contributed by atoms with E-state index < -0.39 is 5.97 Å². The molecule has 0 aliphatic rings. The highest BCUT2D eigenvalue weighted by molar-refractivity contribution is 7.98. The first-order chi connectivity index (χ1) is 6.54. The maximum Gasteiger partial charge on any atom is 0.308 e. The van der Waals surface area contributed by atoms with Gasteiger partial charge in [-0.3, -0.25) is 4.79 Å². The van der Waals surface area contributed by atoms with E-state index in [9.17, 15) is 4.79 Å². The van der Waals surface area contributed by atoms with Crippen molar-refractivity contribution >= 4 is 23.5 Å². The lowest BCUT2D eigenvalue weighted by atomic mass is 10.1. The van der Waals surface area contributed by atoms with Crippen molar-refractivity contribution in [2.75, 3.05) is 12.0 Å². The van der Waals surface area contributed by atoms with E-state index in [0.717, 1.165) is 0 Å². The van der Waals surface area contributed by atoms with Gasteiger partial charge in [0.2, 0.25) is 0 Å². The van der Waals surface area contributed by atoms with Gasteiger partial charge in [-0.2, -0.15) is 0 Å². The van der Waals surface area contributed by atoms with Crippen LogP contribution in [-0.4, -0.2) is 27.3 Å². The molecule has 0 saturated carbocycles. The predicted octanol–water partition coefficient (Wildman–Crippen LogP) is 0.716. The van der Waals surface area contributed by atoms with E-state index in [0.29, 0.717) is 16.4 Å². The minimum atomic E-state index is -0.930. The molecule has 0 aliphatic carbocycles. The second kappa shape index (κ2) is 4.28. The normalized spacial score (nSPS) is 10.1. The monoisotopic (exact) mass is 213 g/mol. The van der Waals surface area contributed by atoms with Crippen LogP contribution in [0, 0.1) is 6.92 Å². The van der Waals surface area contributed by atoms with Crippen LogP contribution in [-0.2, 0) is 11.2 Å². The molecule has 14 heavy (non-hydrogen) atoms. The van der Waals surface area contributed by atoms with Crippen LogP contribution in [0.25, 0.3) is 0 Å². The van der Waals surface area contributed by atoms with Crippen molar-refractivity contribution in [1.82, 2.24) is 9.97 Å². The molecule has 76 valence electrons. The number of thioether (sulfide) groups is 1. The Balaban J connectivity index is 3.11. The lowest BCUT2D eigenvalue weighted by molar-refractivity contribution is -0.136. The second-order valence-corrected chi connectivity index (χ2v) is 3.50. The Labute approximate surface area is 85.7 Å². The van der Waals surface area contributed by atoms with Crippen LogP contribution in [0.1, 0.15) is 11.3 Å². The number of nitrogens with zero attached hydrogens (tertiary/aromatic N) is 2. The number of aryl methyl sites for hydroxylation is 1. The second-order valence-electron chi connectivity index (χ2n) is 2.73. The zero-order chi connectivity index (χ0) is 10.7. The van der Waals surface area contributed by atoms with Gasteiger partial charge in [0.1, 0.15) is 5.82 Å². The van der Waals surface area contributed by atoms with Crippen molar-refractivity contribution in [3.63, 3.8) is 0 Å². The molecule has 0 unspecified atom stereocenters. The number of aromatic nitrogens is 2. The molecule has 3 N–H and O–H groups in total. The zero-order valence-corrected chi connectivity index (χ0v) is 8.76. The number of carbonyl (C=O) groups is 1. The summed E-state index contributed by atoms with van der Waals surface area (Å²) in [6.07, 6.45) is 1.71.